The second-order valence-corrected chi connectivity index (χ2v) is 9.97. The van der Waals surface area contributed by atoms with Crippen LogP contribution in [0.3, 0.4) is 0 Å². The van der Waals surface area contributed by atoms with Crippen LogP contribution in [0.25, 0.3) is 23.0 Å². The predicted molar refractivity (Wildman–Crippen MR) is 124 cm³/mol. The average molecular weight is 409 g/mol. The van der Waals surface area contributed by atoms with Gasteiger partial charge in [-0.3, -0.25) is 4.79 Å². The zero-order valence-electron chi connectivity index (χ0n) is 17.8. The van der Waals surface area contributed by atoms with Crippen molar-refractivity contribution < 1.29 is 4.79 Å². The lowest BCUT2D eigenvalue weighted by Gasteiger charge is -2.55. The van der Waals surface area contributed by atoms with Crippen molar-refractivity contribution in [1.29, 1.82) is 0 Å². The van der Waals surface area contributed by atoms with Gasteiger partial charge in [-0.2, -0.15) is 5.10 Å². The highest BCUT2D eigenvalue weighted by Gasteiger charge is 2.53. The van der Waals surface area contributed by atoms with Gasteiger partial charge in [0.15, 0.2) is 5.78 Å². The van der Waals surface area contributed by atoms with E-state index in [2.05, 4.69) is 24.3 Å². The number of ketones is 1. The number of hydrogen-bond donors (Lipinski definition) is 0. The molecule has 0 spiro atoms. The maximum Gasteiger partial charge on any atom is 0.161 e. The second-order valence-electron chi connectivity index (χ2n) is 9.97. The number of carbonyl (C=O) groups is 1. The Morgan fingerprint density at radius 3 is 2.06 bits per heavy atom. The molecular weight excluding hydrogens is 380 g/mol. The number of carbonyl (C=O) groups excluding carboxylic acids is 1. The van der Waals surface area contributed by atoms with Gasteiger partial charge < -0.3 is 0 Å². The average Bonchev–Trinajstić information content (AvgIpc) is 3.22. The van der Waals surface area contributed by atoms with Gasteiger partial charge in [0.05, 0.1) is 11.4 Å². The number of aromatic nitrogens is 2. The zero-order chi connectivity index (χ0) is 20.8. The molecule has 3 heteroatoms. The van der Waals surface area contributed by atoms with E-state index in [1.54, 1.807) is 0 Å². The molecule has 0 radical (unpaired) electrons. The van der Waals surface area contributed by atoms with Crippen LogP contribution >= 0.6 is 0 Å². The van der Waals surface area contributed by atoms with Crippen molar-refractivity contribution >= 4 is 11.9 Å². The molecule has 0 saturated heterocycles. The van der Waals surface area contributed by atoms with Gasteiger partial charge in [-0.1, -0.05) is 48.5 Å². The molecule has 0 unspecified atom stereocenters. The van der Waals surface area contributed by atoms with Crippen LogP contribution in [-0.2, 0) is 4.79 Å². The quantitative estimate of drug-likeness (QED) is 0.462. The molecule has 0 N–H and O–H groups in total. The minimum atomic E-state index is -0.0897. The van der Waals surface area contributed by atoms with Crippen molar-refractivity contribution in [3.63, 3.8) is 0 Å². The van der Waals surface area contributed by atoms with Gasteiger partial charge in [0, 0.05) is 22.7 Å². The van der Waals surface area contributed by atoms with Crippen molar-refractivity contribution in [2.45, 2.75) is 38.5 Å². The van der Waals surface area contributed by atoms with Gasteiger partial charge >= 0.3 is 0 Å². The molecule has 3 nitrogen and oxygen atoms in total. The van der Waals surface area contributed by atoms with Gasteiger partial charge in [-0.25, -0.2) is 4.68 Å². The van der Waals surface area contributed by atoms with E-state index in [1.165, 1.54) is 19.3 Å². The van der Waals surface area contributed by atoms with E-state index in [0.717, 1.165) is 59.5 Å². The molecule has 3 aromatic rings. The Balaban J connectivity index is 1.34. The third kappa shape index (κ3) is 3.37. The SMILES string of the molecule is O=C(C=Cc1cn(-c2ccccc2)nc1-c1ccccc1)C12CC3CC(CC(C3)C1)C2. The first-order valence-electron chi connectivity index (χ1n) is 11.6. The summed E-state index contributed by atoms with van der Waals surface area (Å²) < 4.78 is 1.91. The molecular formula is C28H28N2O. The molecule has 7 rings (SSSR count). The molecule has 4 aliphatic rings. The van der Waals surface area contributed by atoms with E-state index in [9.17, 15) is 4.79 Å². The molecule has 156 valence electrons. The molecule has 2 aromatic carbocycles. The molecule has 4 bridgehead atoms. The normalized spacial score (nSPS) is 29.0. The summed E-state index contributed by atoms with van der Waals surface area (Å²) in [7, 11) is 0. The standard InChI is InChI=1S/C28H28N2O/c31-26(28-16-20-13-21(17-28)15-22(14-20)18-28)12-11-24-19-30(25-9-5-2-6-10-25)29-27(24)23-7-3-1-4-8-23/h1-12,19-22H,13-18H2. The Morgan fingerprint density at radius 2 is 1.45 bits per heavy atom. The van der Waals surface area contributed by atoms with E-state index < -0.39 is 0 Å². The fourth-order valence-corrected chi connectivity index (χ4v) is 6.80. The van der Waals surface area contributed by atoms with Crippen molar-refractivity contribution in [2.75, 3.05) is 0 Å². The van der Waals surface area contributed by atoms with Crippen LogP contribution in [0.5, 0.6) is 0 Å². The minimum Gasteiger partial charge on any atom is -0.294 e. The highest BCUT2D eigenvalue weighted by atomic mass is 16.1. The van der Waals surface area contributed by atoms with E-state index in [4.69, 9.17) is 5.10 Å². The maximum atomic E-state index is 13.5. The van der Waals surface area contributed by atoms with Crippen molar-refractivity contribution in [2.24, 2.45) is 23.2 Å². The first kappa shape index (κ1) is 18.8. The van der Waals surface area contributed by atoms with Crippen molar-refractivity contribution in [3.05, 3.63) is 78.5 Å². The first-order chi connectivity index (χ1) is 15.2. The van der Waals surface area contributed by atoms with Gasteiger partial charge in [-0.05, 0) is 80.6 Å². The number of nitrogens with zero attached hydrogens (tertiary/aromatic N) is 2. The molecule has 4 fully saturated rings. The maximum absolute atomic E-state index is 13.5. The lowest BCUT2D eigenvalue weighted by Crippen LogP contribution is -2.49. The van der Waals surface area contributed by atoms with Gasteiger partial charge in [0.1, 0.15) is 0 Å². The Labute approximate surface area is 183 Å². The summed E-state index contributed by atoms with van der Waals surface area (Å²) in [5, 5.41) is 4.88. The van der Waals surface area contributed by atoms with E-state index >= 15 is 0 Å². The van der Waals surface area contributed by atoms with Crippen LogP contribution in [-0.4, -0.2) is 15.6 Å². The van der Waals surface area contributed by atoms with Crippen LogP contribution < -0.4 is 0 Å². The summed E-state index contributed by atoms with van der Waals surface area (Å²) in [5.74, 6) is 2.69. The minimum absolute atomic E-state index is 0.0897. The third-order valence-electron chi connectivity index (χ3n) is 7.79. The summed E-state index contributed by atoms with van der Waals surface area (Å²) in [5.41, 5.74) is 3.91. The van der Waals surface area contributed by atoms with Crippen LogP contribution in [0, 0.1) is 23.2 Å². The molecule has 0 aliphatic heterocycles. The van der Waals surface area contributed by atoms with Gasteiger partial charge in [-0.15, -0.1) is 0 Å². The Hall–Kier alpha value is -2.94. The fourth-order valence-electron chi connectivity index (χ4n) is 6.80. The van der Waals surface area contributed by atoms with Gasteiger partial charge in [0.25, 0.3) is 0 Å². The lowest BCUT2D eigenvalue weighted by molar-refractivity contribution is -0.138. The van der Waals surface area contributed by atoms with Crippen LogP contribution in [0.4, 0.5) is 0 Å². The third-order valence-corrected chi connectivity index (χ3v) is 7.79. The predicted octanol–water partition coefficient (Wildman–Crippen LogP) is 6.34. The van der Waals surface area contributed by atoms with Crippen LogP contribution in [0.2, 0.25) is 0 Å². The largest absolute Gasteiger partial charge is 0.294 e. The summed E-state index contributed by atoms with van der Waals surface area (Å²) in [6.07, 6.45) is 13.3. The van der Waals surface area contributed by atoms with Crippen molar-refractivity contribution in [1.82, 2.24) is 9.78 Å². The van der Waals surface area contributed by atoms with Gasteiger partial charge in [0.2, 0.25) is 0 Å². The monoisotopic (exact) mass is 408 g/mol. The number of benzene rings is 2. The molecule has 4 saturated carbocycles. The lowest BCUT2D eigenvalue weighted by atomic mass is 9.48. The number of para-hydroxylation sites is 1. The van der Waals surface area contributed by atoms with Crippen LogP contribution in [0.1, 0.15) is 44.1 Å². The van der Waals surface area contributed by atoms with E-state index in [-0.39, 0.29) is 5.41 Å². The highest BCUT2D eigenvalue weighted by Crippen LogP contribution is 2.60. The fraction of sp³-hybridized carbons (Fsp3) is 0.357. The Morgan fingerprint density at radius 1 is 0.871 bits per heavy atom. The summed E-state index contributed by atoms with van der Waals surface area (Å²) >= 11 is 0. The summed E-state index contributed by atoms with van der Waals surface area (Å²) in [6, 6.07) is 20.4. The molecule has 0 atom stereocenters. The van der Waals surface area contributed by atoms with E-state index in [1.807, 2.05) is 59.4 Å². The molecule has 1 heterocycles. The molecule has 4 aliphatic carbocycles. The number of allylic oxidation sites excluding steroid dienone is 1. The number of rotatable bonds is 5. The Bertz CT molecular complexity index is 1090. The highest BCUT2D eigenvalue weighted by molar-refractivity contribution is 5.99. The number of hydrogen-bond acceptors (Lipinski definition) is 2. The van der Waals surface area contributed by atoms with Crippen LogP contribution in [0.15, 0.2) is 72.9 Å². The molecule has 31 heavy (non-hydrogen) atoms. The Kier molecular flexibility index (Phi) is 4.45. The molecule has 1 aromatic heterocycles. The smallest absolute Gasteiger partial charge is 0.161 e. The summed E-state index contributed by atoms with van der Waals surface area (Å²) in [4.78, 5) is 13.5. The zero-order valence-corrected chi connectivity index (χ0v) is 17.8. The van der Waals surface area contributed by atoms with E-state index in [0.29, 0.717) is 5.78 Å². The summed E-state index contributed by atoms with van der Waals surface area (Å²) in [6.45, 7) is 0. The molecule has 0 amide bonds. The topological polar surface area (TPSA) is 34.9 Å². The second kappa shape index (κ2) is 7.33. The van der Waals surface area contributed by atoms with Crippen molar-refractivity contribution in [3.8, 4) is 16.9 Å². The first-order valence-corrected chi connectivity index (χ1v) is 11.6.